The standard InChI is InChI=1S/C18H19N3/c1-3-21-13-15(17-6-4-5-7-18(17)21)12-19-20-16-10-8-14(2)9-11-16/h4-13,20H,3H2,1-2H3/b19-12+. The number of nitrogens with zero attached hydrogens (tertiary/aromatic N) is 2. The summed E-state index contributed by atoms with van der Waals surface area (Å²) in [5, 5.41) is 5.58. The number of hydrogen-bond acceptors (Lipinski definition) is 2. The second-order valence-corrected chi connectivity index (χ2v) is 5.12. The number of fused-ring (bicyclic) bond motifs is 1. The van der Waals surface area contributed by atoms with E-state index >= 15 is 0 Å². The molecular weight excluding hydrogens is 258 g/mol. The van der Waals surface area contributed by atoms with Crippen LogP contribution >= 0.6 is 0 Å². The Morgan fingerprint density at radius 2 is 1.86 bits per heavy atom. The van der Waals surface area contributed by atoms with Crippen LogP contribution in [0.1, 0.15) is 18.1 Å². The van der Waals surface area contributed by atoms with Crippen LogP contribution in [0.5, 0.6) is 0 Å². The highest BCUT2D eigenvalue weighted by atomic mass is 15.3. The van der Waals surface area contributed by atoms with Crippen LogP contribution in [0.2, 0.25) is 0 Å². The molecule has 21 heavy (non-hydrogen) atoms. The molecule has 3 rings (SSSR count). The fourth-order valence-corrected chi connectivity index (χ4v) is 2.44. The number of aryl methyl sites for hydroxylation is 2. The maximum atomic E-state index is 4.35. The van der Waals surface area contributed by atoms with Crippen molar-refractivity contribution in [2.45, 2.75) is 20.4 Å². The minimum Gasteiger partial charge on any atom is -0.347 e. The molecule has 0 aliphatic rings. The number of hydrazone groups is 1. The fourth-order valence-electron chi connectivity index (χ4n) is 2.44. The van der Waals surface area contributed by atoms with E-state index in [9.17, 15) is 0 Å². The molecule has 1 N–H and O–H groups in total. The van der Waals surface area contributed by atoms with Gasteiger partial charge in [0.1, 0.15) is 0 Å². The van der Waals surface area contributed by atoms with Crippen molar-refractivity contribution in [2.24, 2.45) is 5.10 Å². The Balaban J connectivity index is 1.84. The highest BCUT2D eigenvalue weighted by Gasteiger charge is 2.04. The van der Waals surface area contributed by atoms with Gasteiger partial charge in [0.25, 0.3) is 0 Å². The Hall–Kier alpha value is -2.55. The van der Waals surface area contributed by atoms with Gasteiger partial charge >= 0.3 is 0 Å². The number of anilines is 1. The highest BCUT2D eigenvalue weighted by molar-refractivity contribution is 5.99. The lowest BCUT2D eigenvalue weighted by atomic mass is 10.2. The van der Waals surface area contributed by atoms with Crippen LogP contribution in [0.15, 0.2) is 59.8 Å². The number of para-hydroxylation sites is 1. The van der Waals surface area contributed by atoms with Gasteiger partial charge in [-0.15, -0.1) is 0 Å². The van der Waals surface area contributed by atoms with Gasteiger partial charge in [0.2, 0.25) is 0 Å². The topological polar surface area (TPSA) is 29.3 Å². The summed E-state index contributed by atoms with van der Waals surface area (Å²) in [5.41, 5.74) is 7.69. The quantitative estimate of drug-likeness (QED) is 0.555. The first-order valence-corrected chi connectivity index (χ1v) is 7.21. The summed E-state index contributed by atoms with van der Waals surface area (Å²) in [5.74, 6) is 0. The Labute approximate surface area is 124 Å². The van der Waals surface area contributed by atoms with Crippen molar-refractivity contribution < 1.29 is 0 Å². The van der Waals surface area contributed by atoms with Crippen molar-refractivity contribution in [3.05, 3.63) is 65.9 Å². The molecule has 106 valence electrons. The summed E-state index contributed by atoms with van der Waals surface area (Å²) in [4.78, 5) is 0. The first-order chi connectivity index (χ1) is 10.3. The number of nitrogens with one attached hydrogen (secondary N) is 1. The second-order valence-electron chi connectivity index (χ2n) is 5.12. The maximum absolute atomic E-state index is 4.35. The average molecular weight is 277 g/mol. The molecule has 0 amide bonds. The van der Waals surface area contributed by atoms with Gasteiger partial charge in [-0.2, -0.15) is 5.10 Å². The smallest absolute Gasteiger partial charge is 0.0566 e. The van der Waals surface area contributed by atoms with Gasteiger partial charge in [0.15, 0.2) is 0 Å². The largest absolute Gasteiger partial charge is 0.347 e. The van der Waals surface area contributed by atoms with E-state index in [4.69, 9.17) is 0 Å². The zero-order valence-electron chi connectivity index (χ0n) is 12.4. The van der Waals surface area contributed by atoms with Gasteiger partial charge in [0.05, 0.1) is 11.9 Å². The van der Waals surface area contributed by atoms with E-state index in [1.807, 2.05) is 18.3 Å². The zero-order chi connectivity index (χ0) is 14.7. The van der Waals surface area contributed by atoms with Crippen LogP contribution in [0, 0.1) is 6.92 Å². The van der Waals surface area contributed by atoms with Crippen LogP contribution in [-0.2, 0) is 6.54 Å². The van der Waals surface area contributed by atoms with Gasteiger partial charge in [0, 0.05) is 29.2 Å². The first-order valence-electron chi connectivity index (χ1n) is 7.21. The molecule has 0 radical (unpaired) electrons. The number of hydrogen-bond donors (Lipinski definition) is 1. The minimum absolute atomic E-state index is 0.958. The van der Waals surface area contributed by atoms with Crippen molar-refractivity contribution in [3.63, 3.8) is 0 Å². The van der Waals surface area contributed by atoms with E-state index in [1.165, 1.54) is 16.5 Å². The molecule has 3 nitrogen and oxygen atoms in total. The summed E-state index contributed by atoms with van der Waals surface area (Å²) in [6.45, 7) is 5.18. The van der Waals surface area contributed by atoms with Gasteiger partial charge in [-0.3, -0.25) is 5.43 Å². The lowest BCUT2D eigenvalue weighted by Gasteiger charge is -1.99. The predicted octanol–water partition coefficient (Wildman–Crippen LogP) is 4.42. The van der Waals surface area contributed by atoms with E-state index in [-0.39, 0.29) is 0 Å². The summed E-state index contributed by atoms with van der Waals surface area (Å²) in [6, 6.07) is 16.6. The van der Waals surface area contributed by atoms with Gasteiger partial charge in [-0.25, -0.2) is 0 Å². The third-order valence-corrected chi connectivity index (χ3v) is 3.61. The van der Waals surface area contributed by atoms with Crippen LogP contribution in [0.25, 0.3) is 10.9 Å². The molecule has 3 aromatic rings. The molecule has 0 saturated heterocycles. The summed E-state index contributed by atoms with van der Waals surface area (Å²) in [6.07, 6.45) is 4.03. The Morgan fingerprint density at radius 1 is 1.10 bits per heavy atom. The molecule has 0 spiro atoms. The number of rotatable bonds is 4. The van der Waals surface area contributed by atoms with E-state index in [2.05, 4.69) is 71.5 Å². The van der Waals surface area contributed by atoms with Crippen LogP contribution < -0.4 is 5.43 Å². The molecule has 0 bridgehead atoms. The monoisotopic (exact) mass is 277 g/mol. The number of aromatic nitrogens is 1. The SMILES string of the molecule is CCn1cc(/C=N/Nc2ccc(C)cc2)c2ccccc21. The molecule has 0 atom stereocenters. The normalized spacial score (nSPS) is 11.3. The van der Waals surface area contributed by atoms with Gasteiger partial charge < -0.3 is 4.57 Å². The van der Waals surface area contributed by atoms with Gasteiger partial charge in [-0.05, 0) is 32.0 Å². The Morgan fingerprint density at radius 3 is 2.62 bits per heavy atom. The highest BCUT2D eigenvalue weighted by Crippen LogP contribution is 2.20. The molecule has 3 heteroatoms. The predicted molar refractivity (Wildman–Crippen MR) is 90.0 cm³/mol. The molecule has 0 fully saturated rings. The zero-order valence-corrected chi connectivity index (χ0v) is 12.4. The summed E-state index contributed by atoms with van der Waals surface area (Å²) in [7, 11) is 0. The summed E-state index contributed by atoms with van der Waals surface area (Å²) < 4.78 is 2.24. The van der Waals surface area contributed by atoms with Crippen LogP contribution in [-0.4, -0.2) is 10.8 Å². The van der Waals surface area contributed by atoms with Crippen molar-refractivity contribution >= 4 is 22.8 Å². The molecule has 1 aromatic heterocycles. The molecule has 0 unspecified atom stereocenters. The Bertz CT molecular complexity index is 767. The fraction of sp³-hybridized carbons (Fsp3) is 0.167. The first kappa shape index (κ1) is 13.4. The molecule has 0 aliphatic heterocycles. The molecule has 0 aliphatic carbocycles. The van der Waals surface area contributed by atoms with E-state index in [0.717, 1.165) is 17.8 Å². The molecule has 0 saturated carbocycles. The lowest BCUT2D eigenvalue weighted by Crippen LogP contribution is -1.91. The van der Waals surface area contributed by atoms with Crippen molar-refractivity contribution in [3.8, 4) is 0 Å². The molecule has 1 heterocycles. The maximum Gasteiger partial charge on any atom is 0.0566 e. The van der Waals surface area contributed by atoms with Crippen molar-refractivity contribution in [1.29, 1.82) is 0 Å². The molecular formula is C18H19N3. The summed E-state index contributed by atoms with van der Waals surface area (Å²) >= 11 is 0. The van der Waals surface area contributed by atoms with E-state index < -0.39 is 0 Å². The number of benzene rings is 2. The molecule has 2 aromatic carbocycles. The van der Waals surface area contributed by atoms with Gasteiger partial charge in [-0.1, -0.05) is 35.9 Å². The van der Waals surface area contributed by atoms with Crippen molar-refractivity contribution in [2.75, 3.05) is 5.43 Å². The lowest BCUT2D eigenvalue weighted by molar-refractivity contribution is 0.797. The van der Waals surface area contributed by atoms with Crippen LogP contribution in [0.3, 0.4) is 0 Å². The second kappa shape index (κ2) is 5.83. The average Bonchev–Trinajstić information content (AvgIpc) is 2.88. The minimum atomic E-state index is 0.958. The van der Waals surface area contributed by atoms with Crippen LogP contribution in [0.4, 0.5) is 5.69 Å². The van der Waals surface area contributed by atoms with Crippen molar-refractivity contribution in [1.82, 2.24) is 4.57 Å². The Kier molecular flexibility index (Phi) is 3.73. The third-order valence-electron chi connectivity index (χ3n) is 3.61. The third kappa shape index (κ3) is 2.82. The van der Waals surface area contributed by atoms with E-state index in [0.29, 0.717) is 0 Å². The van der Waals surface area contributed by atoms with E-state index in [1.54, 1.807) is 0 Å².